The zero-order valence-electron chi connectivity index (χ0n) is 15.0. The molecule has 130 valence electrons. The van der Waals surface area contributed by atoms with E-state index in [0.717, 1.165) is 30.5 Å². The second-order valence-corrected chi connectivity index (χ2v) is 6.85. The third-order valence-corrected chi connectivity index (χ3v) is 5.05. The molecule has 3 rings (SSSR count). The van der Waals surface area contributed by atoms with E-state index in [4.69, 9.17) is 0 Å². The zero-order valence-corrected chi connectivity index (χ0v) is 15.0. The minimum atomic E-state index is 0.150. The van der Waals surface area contributed by atoms with Gasteiger partial charge in [-0.1, -0.05) is 25.1 Å². The molecule has 1 fully saturated rings. The molecule has 0 N–H and O–H groups in total. The van der Waals surface area contributed by atoms with Crippen LogP contribution in [0.25, 0.3) is 10.9 Å². The molecule has 0 aliphatic carbocycles. The highest BCUT2D eigenvalue weighted by Crippen LogP contribution is 2.22. The summed E-state index contributed by atoms with van der Waals surface area (Å²) in [5.41, 5.74) is 2.02. The number of para-hydroxylation sites is 1. The number of aryl methyl sites for hydroxylation is 1. The Morgan fingerprint density at radius 1 is 1.00 bits per heavy atom. The highest BCUT2D eigenvalue weighted by Gasteiger charge is 2.16. The van der Waals surface area contributed by atoms with E-state index < -0.39 is 0 Å². The van der Waals surface area contributed by atoms with Crippen molar-refractivity contribution in [1.29, 1.82) is 0 Å². The van der Waals surface area contributed by atoms with Gasteiger partial charge in [-0.25, -0.2) is 0 Å². The van der Waals surface area contributed by atoms with Gasteiger partial charge in [0.05, 0.1) is 0 Å². The number of piperazine rings is 1. The largest absolute Gasteiger partial charge is 0.347 e. The first kappa shape index (κ1) is 17.2. The van der Waals surface area contributed by atoms with Gasteiger partial charge in [0.1, 0.15) is 0 Å². The molecule has 0 radical (unpaired) electrons. The zero-order chi connectivity index (χ0) is 16.9. The van der Waals surface area contributed by atoms with E-state index in [9.17, 15) is 4.79 Å². The van der Waals surface area contributed by atoms with Crippen molar-refractivity contribution in [3.8, 4) is 0 Å². The Balaban J connectivity index is 1.56. The van der Waals surface area contributed by atoms with Gasteiger partial charge < -0.3 is 14.4 Å². The van der Waals surface area contributed by atoms with E-state index in [2.05, 4.69) is 39.5 Å². The topological polar surface area (TPSA) is 28.5 Å². The molecule has 2 heterocycles. The standard InChI is InChI=1S/C20H29N3O/c1-3-9-21-12-14-22(15-13-21)10-6-11-23-16-19(17(2)24)18-7-4-5-8-20(18)23/h4-5,7-8,16H,3,6,9-15H2,1-2H3. The maximum absolute atomic E-state index is 11.9. The molecule has 4 nitrogen and oxygen atoms in total. The smallest absolute Gasteiger partial charge is 0.161 e. The van der Waals surface area contributed by atoms with Crippen LogP contribution in [0, 0.1) is 0 Å². The number of ketones is 1. The maximum Gasteiger partial charge on any atom is 0.161 e. The lowest BCUT2D eigenvalue weighted by Crippen LogP contribution is -2.46. The Bertz CT molecular complexity index is 683. The second-order valence-electron chi connectivity index (χ2n) is 6.85. The van der Waals surface area contributed by atoms with Crippen LogP contribution in [0.2, 0.25) is 0 Å². The Labute approximate surface area is 145 Å². The first-order chi connectivity index (χ1) is 11.7. The summed E-state index contributed by atoms with van der Waals surface area (Å²) < 4.78 is 2.25. The van der Waals surface area contributed by atoms with Crippen molar-refractivity contribution in [2.45, 2.75) is 33.2 Å². The van der Waals surface area contributed by atoms with Gasteiger partial charge in [0, 0.05) is 55.4 Å². The lowest BCUT2D eigenvalue weighted by atomic mass is 10.1. The summed E-state index contributed by atoms with van der Waals surface area (Å²) in [5.74, 6) is 0.150. The first-order valence-corrected chi connectivity index (χ1v) is 9.22. The van der Waals surface area contributed by atoms with Gasteiger partial charge in [-0.05, 0) is 38.9 Å². The summed E-state index contributed by atoms with van der Waals surface area (Å²) in [4.78, 5) is 17.0. The Hall–Kier alpha value is -1.65. The van der Waals surface area contributed by atoms with Crippen LogP contribution >= 0.6 is 0 Å². The van der Waals surface area contributed by atoms with Crippen molar-refractivity contribution in [3.63, 3.8) is 0 Å². The number of hydrogen-bond acceptors (Lipinski definition) is 3. The summed E-state index contributed by atoms with van der Waals surface area (Å²) in [6.45, 7) is 12.0. The first-order valence-electron chi connectivity index (χ1n) is 9.22. The molecule has 1 aromatic heterocycles. The molecule has 1 aliphatic rings. The molecule has 1 aliphatic heterocycles. The quantitative estimate of drug-likeness (QED) is 0.731. The van der Waals surface area contributed by atoms with Crippen LogP contribution < -0.4 is 0 Å². The van der Waals surface area contributed by atoms with Crippen LogP contribution in [0.4, 0.5) is 0 Å². The number of hydrogen-bond donors (Lipinski definition) is 0. The van der Waals surface area contributed by atoms with Crippen LogP contribution in [0.15, 0.2) is 30.5 Å². The number of Topliss-reactive ketones (excluding diaryl/α,β-unsaturated/α-hetero) is 1. The van der Waals surface area contributed by atoms with Crippen molar-refractivity contribution in [1.82, 2.24) is 14.4 Å². The molecule has 0 saturated carbocycles. The van der Waals surface area contributed by atoms with Gasteiger partial charge in [-0.15, -0.1) is 0 Å². The van der Waals surface area contributed by atoms with Crippen LogP contribution in [0.3, 0.4) is 0 Å². The van der Waals surface area contributed by atoms with Gasteiger partial charge >= 0.3 is 0 Å². The molecule has 1 saturated heterocycles. The van der Waals surface area contributed by atoms with E-state index in [1.165, 1.54) is 44.7 Å². The predicted molar refractivity (Wildman–Crippen MR) is 99.7 cm³/mol. The Kier molecular flexibility index (Phi) is 5.69. The molecule has 4 heteroatoms. The number of rotatable bonds is 7. The van der Waals surface area contributed by atoms with Gasteiger partial charge in [0.25, 0.3) is 0 Å². The summed E-state index contributed by atoms with van der Waals surface area (Å²) in [6.07, 6.45) is 4.41. The minimum Gasteiger partial charge on any atom is -0.347 e. The van der Waals surface area contributed by atoms with Crippen LogP contribution in [0.1, 0.15) is 37.0 Å². The molecule has 0 unspecified atom stereocenters. The van der Waals surface area contributed by atoms with Gasteiger partial charge in [-0.3, -0.25) is 4.79 Å². The lowest BCUT2D eigenvalue weighted by Gasteiger charge is -2.34. The summed E-state index contributed by atoms with van der Waals surface area (Å²) in [5, 5.41) is 1.08. The van der Waals surface area contributed by atoms with Crippen molar-refractivity contribution in [2.24, 2.45) is 0 Å². The fourth-order valence-corrected chi connectivity index (χ4v) is 3.73. The highest BCUT2D eigenvalue weighted by atomic mass is 16.1. The number of nitrogens with zero attached hydrogens (tertiary/aromatic N) is 3. The van der Waals surface area contributed by atoms with E-state index in [1.54, 1.807) is 6.92 Å². The molecule has 0 amide bonds. The third-order valence-electron chi connectivity index (χ3n) is 5.05. The highest BCUT2D eigenvalue weighted by molar-refractivity contribution is 6.06. The van der Waals surface area contributed by atoms with Gasteiger partial charge in [0.2, 0.25) is 0 Å². The summed E-state index contributed by atoms with van der Waals surface area (Å²) >= 11 is 0. The van der Waals surface area contributed by atoms with E-state index in [-0.39, 0.29) is 5.78 Å². The molecule has 0 atom stereocenters. The Morgan fingerprint density at radius 3 is 2.33 bits per heavy atom. The van der Waals surface area contributed by atoms with Gasteiger partial charge in [0.15, 0.2) is 5.78 Å². The van der Waals surface area contributed by atoms with Crippen molar-refractivity contribution < 1.29 is 4.79 Å². The molecule has 0 spiro atoms. The third kappa shape index (κ3) is 3.87. The number of benzene rings is 1. The SMILES string of the molecule is CCCN1CCN(CCCn2cc(C(C)=O)c3ccccc32)CC1. The number of carbonyl (C=O) groups excluding carboxylic acids is 1. The van der Waals surface area contributed by atoms with Gasteiger partial charge in [-0.2, -0.15) is 0 Å². The van der Waals surface area contributed by atoms with Crippen LogP contribution in [-0.4, -0.2) is 59.4 Å². The Morgan fingerprint density at radius 2 is 1.67 bits per heavy atom. The van der Waals surface area contributed by atoms with Crippen LogP contribution in [0.5, 0.6) is 0 Å². The minimum absolute atomic E-state index is 0.150. The van der Waals surface area contributed by atoms with Crippen molar-refractivity contribution in [3.05, 3.63) is 36.0 Å². The predicted octanol–water partition coefficient (Wildman–Crippen LogP) is 3.26. The molecule has 1 aromatic carbocycles. The fraction of sp³-hybridized carbons (Fsp3) is 0.550. The van der Waals surface area contributed by atoms with Crippen LogP contribution in [-0.2, 0) is 6.54 Å². The number of carbonyl (C=O) groups is 1. The number of fused-ring (bicyclic) bond motifs is 1. The monoisotopic (exact) mass is 327 g/mol. The van der Waals surface area contributed by atoms with Crippen molar-refractivity contribution >= 4 is 16.7 Å². The van der Waals surface area contributed by atoms with E-state index in [1.807, 2.05) is 12.3 Å². The molecular weight excluding hydrogens is 298 g/mol. The van der Waals surface area contributed by atoms with E-state index >= 15 is 0 Å². The van der Waals surface area contributed by atoms with E-state index in [0.29, 0.717) is 0 Å². The van der Waals surface area contributed by atoms with Crippen molar-refractivity contribution in [2.75, 3.05) is 39.3 Å². The molecule has 24 heavy (non-hydrogen) atoms. The average molecular weight is 327 g/mol. The molecule has 2 aromatic rings. The second kappa shape index (κ2) is 7.95. The normalized spacial score (nSPS) is 16.8. The lowest BCUT2D eigenvalue weighted by molar-refractivity contribution is 0.101. The summed E-state index contributed by atoms with van der Waals surface area (Å²) in [7, 11) is 0. The average Bonchev–Trinajstić information content (AvgIpc) is 2.96. The molecular formula is C20H29N3O. The summed E-state index contributed by atoms with van der Waals surface area (Å²) in [6, 6.07) is 8.23. The molecule has 0 bridgehead atoms. The number of aromatic nitrogens is 1. The maximum atomic E-state index is 11.9. The fourth-order valence-electron chi connectivity index (χ4n) is 3.73.